The van der Waals surface area contributed by atoms with Gasteiger partial charge >= 0.3 is 0 Å². The van der Waals surface area contributed by atoms with Crippen LogP contribution in [0.25, 0.3) is 11.3 Å². The fourth-order valence-electron chi connectivity index (χ4n) is 3.61. The summed E-state index contributed by atoms with van der Waals surface area (Å²) in [6, 6.07) is 18.8. The molecule has 0 aliphatic carbocycles. The summed E-state index contributed by atoms with van der Waals surface area (Å²) in [4.78, 5) is 17.6. The Hall–Kier alpha value is -2.76. The number of hydrogen-bond acceptors (Lipinski definition) is 4. The molecule has 0 saturated carbocycles. The molecule has 0 atom stereocenters. The number of nitrogens with zero attached hydrogens (tertiary/aromatic N) is 2. The number of likely N-dealkylation sites (N-methyl/N-ethyl adjacent to an activating group) is 1. The summed E-state index contributed by atoms with van der Waals surface area (Å²) in [7, 11) is 0. The minimum atomic E-state index is -0.275. The first kappa shape index (κ1) is 19.6. The maximum Gasteiger partial charge on any atom is 0.291 e. The molecule has 4 rings (SSSR count). The molecule has 0 bridgehead atoms. The van der Waals surface area contributed by atoms with E-state index in [1.165, 1.54) is 0 Å². The van der Waals surface area contributed by atoms with Crippen molar-refractivity contribution in [3.63, 3.8) is 0 Å². The highest BCUT2D eigenvalue weighted by molar-refractivity contribution is 6.33. The van der Waals surface area contributed by atoms with Crippen molar-refractivity contribution in [2.45, 2.75) is 6.92 Å². The van der Waals surface area contributed by atoms with Gasteiger partial charge in [-0.2, -0.15) is 0 Å². The normalized spacial score (nSPS) is 14.8. The van der Waals surface area contributed by atoms with Crippen molar-refractivity contribution in [3.8, 4) is 11.3 Å². The van der Waals surface area contributed by atoms with Crippen LogP contribution in [0.1, 0.15) is 17.5 Å². The van der Waals surface area contributed by atoms with Gasteiger partial charge in [0.25, 0.3) is 5.91 Å². The number of carbonyl (C=O) groups excluding carboxylic acids is 1. The van der Waals surface area contributed by atoms with Crippen LogP contribution in [0.15, 0.2) is 65.1 Å². The molecule has 0 unspecified atom stereocenters. The van der Waals surface area contributed by atoms with E-state index < -0.39 is 0 Å². The summed E-state index contributed by atoms with van der Waals surface area (Å²) in [5.41, 5.74) is 2.59. The number of carbonyl (C=O) groups is 1. The predicted octanol–water partition coefficient (Wildman–Crippen LogP) is 4.99. The fraction of sp³-hybridized carbons (Fsp3) is 0.261. The summed E-state index contributed by atoms with van der Waals surface area (Å²) in [6.45, 7) is 7.19. The van der Waals surface area contributed by atoms with Gasteiger partial charge in [-0.05, 0) is 42.9 Å². The van der Waals surface area contributed by atoms with E-state index >= 15 is 0 Å². The minimum Gasteiger partial charge on any atom is -0.451 e. The maximum absolute atomic E-state index is 12.8. The smallest absolute Gasteiger partial charge is 0.291 e. The van der Waals surface area contributed by atoms with Crippen molar-refractivity contribution >= 4 is 28.9 Å². The predicted molar refractivity (Wildman–Crippen MR) is 118 cm³/mol. The monoisotopic (exact) mass is 409 g/mol. The topological polar surface area (TPSA) is 48.7 Å². The van der Waals surface area contributed by atoms with Gasteiger partial charge in [-0.25, -0.2) is 0 Å². The molecular weight excluding hydrogens is 386 g/mol. The van der Waals surface area contributed by atoms with Crippen molar-refractivity contribution in [2.24, 2.45) is 0 Å². The first-order valence-electron chi connectivity index (χ1n) is 9.88. The molecule has 3 aromatic rings. The lowest BCUT2D eigenvalue weighted by Gasteiger charge is -2.36. The zero-order chi connectivity index (χ0) is 20.2. The number of furan rings is 1. The quantitative estimate of drug-likeness (QED) is 0.644. The van der Waals surface area contributed by atoms with Crippen molar-refractivity contribution in [1.29, 1.82) is 0 Å². The molecule has 1 fully saturated rings. The van der Waals surface area contributed by atoms with Gasteiger partial charge in [0.05, 0.1) is 16.4 Å². The van der Waals surface area contributed by atoms with Crippen LogP contribution >= 0.6 is 11.6 Å². The standard InChI is InChI=1S/C23H24ClN3O2/c1-2-26-13-15-27(16-14-26)20-10-6-5-9-19(20)25-23(28)22-12-11-21(29-22)17-7-3-4-8-18(17)24/h3-12H,2,13-16H2,1H3,(H,25,28). The first-order valence-corrected chi connectivity index (χ1v) is 10.3. The molecule has 0 radical (unpaired) electrons. The number of amides is 1. The van der Waals surface area contributed by atoms with Crippen LogP contribution in [-0.2, 0) is 0 Å². The number of para-hydroxylation sites is 2. The van der Waals surface area contributed by atoms with E-state index in [9.17, 15) is 4.79 Å². The zero-order valence-electron chi connectivity index (χ0n) is 16.4. The molecule has 1 aromatic heterocycles. The molecule has 1 amide bonds. The number of hydrogen-bond donors (Lipinski definition) is 1. The Morgan fingerprint density at radius 1 is 1.00 bits per heavy atom. The van der Waals surface area contributed by atoms with Crippen LogP contribution in [-0.4, -0.2) is 43.5 Å². The molecule has 6 heteroatoms. The van der Waals surface area contributed by atoms with Gasteiger partial charge in [-0.1, -0.05) is 42.8 Å². The number of nitrogens with one attached hydrogen (secondary N) is 1. The molecular formula is C23H24ClN3O2. The van der Waals surface area contributed by atoms with Gasteiger partial charge < -0.3 is 19.5 Å². The summed E-state index contributed by atoms with van der Waals surface area (Å²) < 4.78 is 5.78. The third-order valence-corrected chi connectivity index (χ3v) is 5.61. The Balaban J connectivity index is 1.51. The second-order valence-electron chi connectivity index (χ2n) is 7.04. The Morgan fingerprint density at radius 3 is 2.48 bits per heavy atom. The molecule has 2 heterocycles. The van der Waals surface area contributed by atoms with Gasteiger partial charge in [0.15, 0.2) is 5.76 Å². The van der Waals surface area contributed by atoms with Crippen molar-refractivity contribution in [2.75, 3.05) is 42.9 Å². The van der Waals surface area contributed by atoms with Gasteiger partial charge in [-0.3, -0.25) is 4.79 Å². The highest BCUT2D eigenvalue weighted by Gasteiger charge is 2.20. The fourth-order valence-corrected chi connectivity index (χ4v) is 3.84. The van der Waals surface area contributed by atoms with Crippen LogP contribution in [0, 0.1) is 0 Å². The van der Waals surface area contributed by atoms with Gasteiger partial charge in [0.2, 0.25) is 0 Å². The third kappa shape index (κ3) is 4.31. The Bertz CT molecular complexity index is 993. The van der Waals surface area contributed by atoms with E-state index in [1.807, 2.05) is 36.4 Å². The minimum absolute atomic E-state index is 0.255. The van der Waals surface area contributed by atoms with Gasteiger partial charge in [0, 0.05) is 31.7 Å². The number of piperazine rings is 1. The lowest BCUT2D eigenvalue weighted by molar-refractivity contribution is 0.0997. The summed E-state index contributed by atoms with van der Waals surface area (Å²) in [5.74, 6) is 0.554. The molecule has 150 valence electrons. The van der Waals surface area contributed by atoms with Crippen LogP contribution in [0.3, 0.4) is 0 Å². The Kier molecular flexibility index (Phi) is 5.88. The molecule has 1 aliphatic heterocycles. The van der Waals surface area contributed by atoms with E-state index in [1.54, 1.807) is 18.2 Å². The van der Waals surface area contributed by atoms with Crippen molar-refractivity contribution < 1.29 is 9.21 Å². The third-order valence-electron chi connectivity index (χ3n) is 5.28. The first-order chi connectivity index (χ1) is 14.2. The largest absolute Gasteiger partial charge is 0.451 e. The average Bonchev–Trinajstić information content (AvgIpc) is 3.25. The Morgan fingerprint density at radius 2 is 1.72 bits per heavy atom. The highest BCUT2D eigenvalue weighted by Crippen LogP contribution is 2.30. The van der Waals surface area contributed by atoms with E-state index in [0.29, 0.717) is 10.8 Å². The summed E-state index contributed by atoms with van der Waals surface area (Å²) >= 11 is 6.24. The zero-order valence-corrected chi connectivity index (χ0v) is 17.2. The molecule has 2 aromatic carbocycles. The molecule has 1 N–H and O–H groups in total. The molecule has 1 aliphatic rings. The number of benzene rings is 2. The highest BCUT2D eigenvalue weighted by atomic mass is 35.5. The lowest BCUT2D eigenvalue weighted by atomic mass is 10.2. The van der Waals surface area contributed by atoms with E-state index in [2.05, 4.69) is 28.1 Å². The van der Waals surface area contributed by atoms with Gasteiger partial charge in [-0.15, -0.1) is 0 Å². The van der Waals surface area contributed by atoms with Crippen molar-refractivity contribution in [1.82, 2.24) is 4.90 Å². The van der Waals surface area contributed by atoms with Crippen LogP contribution in [0.2, 0.25) is 5.02 Å². The van der Waals surface area contributed by atoms with Crippen LogP contribution in [0.4, 0.5) is 11.4 Å². The number of halogens is 1. The van der Waals surface area contributed by atoms with E-state index in [-0.39, 0.29) is 11.7 Å². The van der Waals surface area contributed by atoms with E-state index in [4.69, 9.17) is 16.0 Å². The van der Waals surface area contributed by atoms with Crippen LogP contribution < -0.4 is 10.2 Å². The number of anilines is 2. The SMILES string of the molecule is CCN1CCN(c2ccccc2NC(=O)c2ccc(-c3ccccc3Cl)o2)CC1. The molecule has 5 nitrogen and oxygen atoms in total. The second-order valence-corrected chi connectivity index (χ2v) is 7.44. The lowest BCUT2D eigenvalue weighted by Crippen LogP contribution is -2.46. The average molecular weight is 410 g/mol. The van der Waals surface area contributed by atoms with Crippen molar-refractivity contribution in [3.05, 3.63) is 71.4 Å². The molecule has 29 heavy (non-hydrogen) atoms. The summed E-state index contributed by atoms with van der Waals surface area (Å²) in [5, 5.41) is 3.60. The number of rotatable bonds is 5. The van der Waals surface area contributed by atoms with Gasteiger partial charge in [0.1, 0.15) is 5.76 Å². The molecule has 1 saturated heterocycles. The second kappa shape index (κ2) is 8.72. The summed E-state index contributed by atoms with van der Waals surface area (Å²) in [6.07, 6.45) is 0. The van der Waals surface area contributed by atoms with E-state index in [0.717, 1.165) is 49.7 Å². The Labute approximate surface area is 175 Å². The van der Waals surface area contributed by atoms with Crippen LogP contribution in [0.5, 0.6) is 0 Å². The molecule has 0 spiro atoms. The maximum atomic E-state index is 12.8.